The van der Waals surface area contributed by atoms with Crippen LogP contribution >= 0.6 is 11.8 Å². The molecule has 4 aromatic rings. The largest absolute Gasteiger partial charge is 0.573 e. The topological polar surface area (TPSA) is 114 Å². The van der Waals surface area contributed by atoms with Crippen molar-refractivity contribution in [1.29, 1.82) is 0 Å². The van der Waals surface area contributed by atoms with E-state index in [1.165, 1.54) is 58.2 Å². The predicted octanol–water partition coefficient (Wildman–Crippen LogP) is 6.14. The molecule has 1 saturated heterocycles. The third-order valence-electron chi connectivity index (χ3n) is 6.13. The molecule has 14 heteroatoms. The van der Waals surface area contributed by atoms with Crippen molar-refractivity contribution in [3.05, 3.63) is 90.3 Å². The molecule has 3 amide bonds. The summed E-state index contributed by atoms with van der Waals surface area (Å²) in [7, 11) is 0. The van der Waals surface area contributed by atoms with Gasteiger partial charge in [-0.2, -0.15) is 10.1 Å². The van der Waals surface area contributed by atoms with Gasteiger partial charge >= 0.3 is 12.4 Å². The van der Waals surface area contributed by atoms with Gasteiger partial charge in [-0.15, -0.1) is 18.3 Å². The highest BCUT2D eigenvalue weighted by atomic mass is 32.2. The number of amidine groups is 1. The Hall–Kier alpha value is -4.98. The minimum absolute atomic E-state index is 0.159. The summed E-state index contributed by atoms with van der Waals surface area (Å²) in [5.41, 5.74) is 5.94. The number of nitrogens with zero attached hydrogens (tertiary/aromatic N) is 6. The Labute approximate surface area is 248 Å². The highest BCUT2D eigenvalue weighted by Gasteiger charge is 2.31. The Morgan fingerprint density at radius 3 is 2.51 bits per heavy atom. The van der Waals surface area contributed by atoms with Crippen molar-refractivity contribution in [2.24, 2.45) is 10.1 Å². The van der Waals surface area contributed by atoms with Gasteiger partial charge in [0.25, 0.3) is 0 Å². The number of nitrogens with one attached hydrogen (secondary N) is 1. The summed E-state index contributed by atoms with van der Waals surface area (Å²) in [4.78, 5) is 34.7. The summed E-state index contributed by atoms with van der Waals surface area (Å²) in [6.07, 6.45) is -1.88. The smallest absolute Gasteiger partial charge is 0.406 e. The molecule has 220 valence electrons. The van der Waals surface area contributed by atoms with Crippen LogP contribution in [0.2, 0.25) is 0 Å². The molecule has 5 rings (SSSR count). The predicted molar refractivity (Wildman–Crippen MR) is 158 cm³/mol. The van der Waals surface area contributed by atoms with Crippen LogP contribution in [0.25, 0.3) is 17.1 Å². The number of anilines is 1. The standard InChI is InChI=1S/C29H24F3N7O3S/c1-18(2)21-4-3-5-23(14-21)39-25(40)16-43-28(39)35-27(41)36-34-15-19-6-8-20(9-7-19)26-33-17-38(37-26)22-10-12-24(13-11-22)42-29(30,31)32/h3-15,17-18H,16H2,1-2H3,(H,36,41)/b34-15+,35-28?. The highest BCUT2D eigenvalue weighted by molar-refractivity contribution is 8.15. The maximum absolute atomic E-state index is 12.5. The van der Waals surface area contributed by atoms with E-state index < -0.39 is 12.4 Å². The van der Waals surface area contributed by atoms with Crippen LogP contribution in [0.3, 0.4) is 0 Å². The number of ether oxygens (including phenoxy) is 1. The zero-order valence-electron chi connectivity index (χ0n) is 22.8. The van der Waals surface area contributed by atoms with Gasteiger partial charge in [0, 0.05) is 5.56 Å². The van der Waals surface area contributed by atoms with E-state index in [2.05, 4.69) is 44.2 Å². The third kappa shape index (κ3) is 7.46. The third-order valence-corrected chi connectivity index (χ3v) is 7.05. The second-order valence-corrected chi connectivity index (χ2v) is 10.5. The van der Waals surface area contributed by atoms with Crippen molar-refractivity contribution < 1.29 is 27.5 Å². The average Bonchev–Trinajstić information content (AvgIpc) is 3.60. The number of aromatic nitrogens is 3. The van der Waals surface area contributed by atoms with Gasteiger partial charge in [-0.25, -0.2) is 19.9 Å². The maximum Gasteiger partial charge on any atom is 0.573 e. The first kappa shape index (κ1) is 29.5. The minimum atomic E-state index is -4.77. The zero-order valence-corrected chi connectivity index (χ0v) is 23.6. The van der Waals surface area contributed by atoms with Crippen LogP contribution < -0.4 is 15.1 Å². The fourth-order valence-electron chi connectivity index (χ4n) is 4.03. The average molecular weight is 608 g/mol. The van der Waals surface area contributed by atoms with Crippen molar-refractivity contribution in [3.8, 4) is 22.8 Å². The number of hydrogen-bond acceptors (Lipinski definition) is 7. The van der Waals surface area contributed by atoms with Gasteiger partial charge in [0.05, 0.1) is 23.3 Å². The van der Waals surface area contributed by atoms with Crippen molar-refractivity contribution in [3.63, 3.8) is 0 Å². The monoisotopic (exact) mass is 607 g/mol. The van der Waals surface area contributed by atoms with Crippen LogP contribution in [0.1, 0.15) is 30.9 Å². The second kappa shape index (κ2) is 12.5. The summed E-state index contributed by atoms with van der Waals surface area (Å²) < 4.78 is 42.4. The Kier molecular flexibility index (Phi) is 8.57. The summed E-state index contributed by atoms with van der Waals surface area (Å²) >= 11 is 1.18. The number of thioether (sulfide) groups is 1. The van der Waals surface area contributed by atoms with Crippen LogP contribution in [0.4, 0.5) is 23.7 Å². The highest BCUT2D eigenvalue weighted by Crippen LogP contribution is 2.29. The number of alkyl halides is 3. The van der Waals surface area contributed by atoms with Gasteiger partial charge in [0.15, 0.2) is 11.0 Å². The molecule has 0 spiro atoms. The molecule has 0 aliphatic carbocycles. The Balaban J connectivity index is 1.19. The van der Waals surface area contributed by atoms with Crippen molar-refractivity contribution >= 4 is 40.8 Å². The van der Waals surface area contributed by atoms with Crippen LogP contribution in [0.15, 0.2) is 89.2 Å². The number of aliphatic imine (C=N–C) groups is 1. The molecule has 1 aliphatic heterocycles. The van der Waals surface area contributed by atoms with Gasteiger partial charge in [-0.3, -0.25) is 9.69 Å². The second-order valence-electron chi connectivity index (χ2n) is 9.51. The van der Waals surface area contributed by atoms with Gasteiger partial charge in [0.1, 0.15) is 12.1 Å². The summed E-state index contributed by atoms with van der Waals surface area (Å²) in [5, 5.41) is 8.60. The van der Waals surface area contributed by atoms with E-state index in [4.69, 9.17) is 0 Å². The summed E-state index contributed by atoms with van der Waals surface area (Å²) in [6.45, 7) is 4.12. The normalized spacial score (nSPS) is 14.7. The number of amides is 3. The first-order chi connectivity index (χ1) is 20.6. The lowest BCUT2D eigenvalue weighted by molar-refractivity contribution is -0.274. The number of rotatable bonds is 7. The van der Waals surface area contributed by atoms with E-state index in [-0.39, 0.29) is 28.5 Å². The van der Waals surface area contributed by atoms with Crippen LogP contribution in [-0.4, -0.2) is 50.2 Å². The molecule has 43 heavy (non-hydrogen) atoms. The van der Waals surface area contributed by atoms with Crippen molar-refractivity contribution in [1.82, 2.24) is 20.2 Å². The number of benzene rings is 3. The lowest BCUT2D eigenvalue weighted by atomic mass is 10.0. The first-order valence-electron chi connectivity index (χ1n) is 12.9. The summed E-state index contributed by atoms with van der Waals surface area (Å²) in [6, 6.07) is 19.1. The molecule has 3 aromatic carbocycles. The van der Waals surface area contributed by atoms with Crippen LogP contribution in [0.5, 0.6) is 5.75 Å². The molecule has 0 saturated carbocycles. The Bertz CT molecular complexity index is 1680. The Morgan fingerprint density at radius 2 is 1.81 bits per heavy atom. The summed E-state index contributed by atoms with van der Waals surface area (Å²) in [5.74, 6) is 0.370. The van der Waals surface area contributed by atoms with Crippen LogP contribution in [-0.2, 0) is 4.79 Å². The maximum atomic E-state index is 12.5. The van der Waals surface area contributed by atoms with E-state index in [9.17, 15) is 22.8 Å². The number of hydrogen-bond donors (Lipinski definition) is 1. The lowest BCUT2D eigenvalue weighted by Crippen LogP contribution is -2.30. The van der Waals surface area contributed by atoms with Gasteiger partial charge in [0.2, 0.25) is 5.91 Å². The fourth-order valence-corrected chi connectivity index (χ4v) is 4.90. The van der Waals surface area contributed by atoms with E-state index in [1.54, 1.807) is 30.3 Å². The van der Waals surface area contributed by atoms with Gasteiger partial charge in [-0.1, -0.05) is 62.0 Å². The van der Waals surface area contributed by atoms with Gasteiger partial charge < -0.3 is 4.74 Å². The number of carbonyl (C=O) groups excluding carboxylic acids is 2. The molecule has 1 aliphatic rings. The molecule has 0 atom stereocenters. The van der Waals surface area contributed by atoms with E-state index in [1.807, 2.05) is 18.2 Å². The number of urea groups is 1. The van der Waals surface area contributed by atoms with E-state index in [0.29, 0.717) is 28.3 Å². The SMILES string of the molecule is CC(C)c1cccc(N2C(=O)CSC2=NC(=O)N/N=C/c2ccc(-c3ncn(-c4ccc(OC(F)(F)F)cc4)n3)cc2)c1. The molecular formula is C29H24F3N7O3S. The minimum Gasteiger partial charge on any atom is -0.406 e. The molecular weight excluding hydrogens is 583 g/mol. The zero-order chi connectivity index (χ0) is 30.6. The quantitative estimate of drug-likeness (QED) is 0.200. The Morgan fingerprint density at radius 1 is 1.07 bits per heavy atom. The van der Waals surface area contributed by atoms with Crippen molar-refractivity contribution in [2.75, 3.05) is 10.7 Å². The molecule has 1 aromatic heterocycles. The van der Waals surface area contributed by atoms with Crippen LogP contribution in [0, 0.1) is 0 Å². The molecule has 0 unspecified atom stereocenters. The lowest BCUT2D eigenvalue weighted by Gasteiger charge is -2.17. The molecule has 0 radical (unpaired) electrons. The number of halogens is 3. The molecule has 2 heterocycles. The number of carbonyl (C=O) groups is 2. The molecule has 10 nitrogen and oxygen atoms in total. The fraction of sp³-hybridized carbons (Fsp3) is 0.172. The van der Waals surface area contributed by atoms with E-state index in [0.717, 1.165) is 5.56 Å². The molecule has 0 bridgehead atoms. The molecule has 1 N–H and O–H groups in total. The van der Waals surface area contributed by atoms with Gasteiger partial charge in [-0.05, 0) is 53.4 Å². The first-order valence-corrected chi connectivity index (χ1v) is 13.9. The molecule has 1 fully saturated rings. The number of hydrazone groups is 1. The van der Waals surface area contributed by atoms with Crippen molar-refractivity contribution in [2.45, 2.75) is 26.1 Å². The van der Waals surface area contributed by atoms with E-state index >= 15 is 0 Å².